The van der Waals surface area contributed by atoms with Gasteiger partial charge in [-0.05, 0) is 39.3 Å². The molecular weight excluding hydrogens is 255 g/mol. The summed E-state index contributed by atoms with van der Waals surface area (Å²) in [7, 11) is -0.950. The van der Waals surface area contributed by atoms with Crippen molar-refractivity contribution in [2.75, 3.05) is 0 Å². The first-order valence-electron chi connectivity index (χ1n) is 6.99. The van der Waals surface area contributed by atoms with Crippen LogP contribution < -0.4 is 0 Å². The van der Waals surface area contributed by atoms with Crippen molar-refractivity contribution in [2.24, 2.45) is 0 Å². The quantitative estimate of drug-likeness (QED) is 0.792. The van der Waals surface area contributed by atoms with Crippen molar-refractivity contribution in [3.05, 3.63) is 35.9 Å². The molecule has 2 rings (SSSR count). The fourth-order valence-electron chi connectivity index (χ4n) is 2.36. The lowest BCUT2D eigenvalue weighted by Crippen LogP contribution is -2.44. The minimum Gasteiger partial charge on any atom is -0.481 e. The van der Waals surface area contributed by atoms with E-state index < -0.39 is 24.5 Å². The van der Waals surface area contributed by atoms with Crippen molar-refractivity contribution in [2.45, 2.75) is 51.7 Å². The Morgan fingerprint density at radius 1 is 1.20 bits per heavy atom. The van der Waals surface area contributed by atoms with Gasteiger partial charge < -0.3 is 14.0 Å². The van der Waals surface area contributed by atoms with Crippen LogP contribution in [0.2, 0.25) is 0 Å². The third kappa shape index (κ3) is 2.89. The topological polar surface area (TPSA) is 44.8 Å². The van der Waals surface area contributed by atoms with Crippen LogP contribution in [0, 0.1) is 0 Å². The van der Waals surface area contributed by atoms with Gasteiger partial charge in [0.2, 0.25) is 0 Å². The molecule has 1 aromatic carbocycles. The van der Waals surface area contributed by atoms with Crippen LogP contribution in [0.1, 0.15) is 50.9 Å². The van der Waals surface area contributed by atoms with Crippen LogP contribution in [0.3, 0.4) is 0 Å². The molecule has 0 N–H and O–H groups in total. The van der Waals surface area contributed by atoms with Crippen molar-refractivity contribution in [3.63, 3.8) is 0 Å². The molecule has 1 saturated heterocycles. The molecule has 0 saturated carbocycles. The van der Waals surface area contributed by atoms with Crippen molar-refractivity contribution in [1.82, 2.24) is 0 Å². The number of benzene rings is 1. The van der Waals surface area contributed by atoms with E-state index in [1.165, 1.54) is 0 Å². The van der Waals surface area contributed by atoms with Gasteiger partial charge in [0.1, 0.15) is 0 Å². The van der Waals surface area contributed by atoms with Crippen molar-refractivity contribution < 1.29 is 18.8 Å². The van der Waals surface area contributed by atoms with Gasteiger partial charge in [0.05, 0.1) is 16.8 Å². The van der Waals surface area contributed by atoms with Crippen LogP contribution in [-0.4, -0.2) is 24.5 Å². The second kappa shape index (κ2) is 5.58. The monoisotopic (exact) mass is 276 g/mol. The van der Waals surface area contributed by atoms with E-state index >= 15 is 0 Å². The average molecular weight is 276 g/mol. The van der Waals surface area contributed by atoms with E-state index in [1.54, 1.807) is 24.3 Å². The Labute approximate surface area is 120 Å². The molecule has 0 aliphatic carbocycles. The summed E-state index contributed by atoms with van der Waals surface area (Å²) in [6, 6.07) is 8.83. The lowest BCUT2D eigenvalue weighted by Gasteiger charge is -2.35. The number of hydrogen-bond acceptors (Lipinski definition) is 4. The van der Waals surface area contributed by atoms with E-state index in [9.17, 15) is 4.79 Å². The summed E-state index contributed by atoms with van der Waals surface area (Å²) in [6.45, 7) is 8.00. The lowest BCUT2D eigenvalue weighted by atomic mass is 9.84. The molecule has 1 heterocycles. The zero-order valence-electron chi connectivity index (χ0n) is 12.5. The number of carbonyl (C=O) groups is 1. The Morgan fingerprint density at radius 2 is 1.85 bits per heavy atom. The zero-order chi connectivity index (χ0) is 14.8. The molecule has 0 radical (unpaired) electrons. The lowest BCUT2D eigenvalue weighted by molar-refractivity contribution is -0.0160. The molecule has 108 valence electrons. The predicted molar refractivity (Wildman–Crippen MR) is 77.2 cm³/mol. The number of carbonyl (C=O) groups excluding carboxylic acids is 1. The molecule has 0 bridgehead atoms. The fraction of sp³-hybridized carbons (Fsp3) is 0.533. The molecule has 1 fully saturated rings. The Bertz CT molecular complexity index is 474. The summed E-state index contributed by atoms with van der Waals surface area (Å²) in [5.74, 6) is -0.438. The first-order chi connectivity index (χ1) is 9.38. The van der Waals surface area contributed by atoms with Crippen LogP contribution in [0.5, 0.6) is 0 Å². The fourth-order valence-corrected chi connectivity index (χ4v) is 2.36. The average Bonchev–Trinajstić information content (AvgIpc) is 2.60. The van der Waals surface area contributed by atoms with E-state index in [-0.39, 0.29) is 0 Å². The van der Waals surface area contributed by atoms with E-state index in [0.717, 1.165) is 12.8 Å². The molecule has 1 atom stereocenters. The van der Waals surface area contributed by atoms with Gasteiger partial charge in [-0.2, -0.15) is 0 Å². The molecule has 1 aromatic rings. The molecule has 1 aliphatic heterocycles. The maximum Gasteiger partial charge on any atom is 0.716 e. The summed E-state index contributed by atoms with van der Waals surface area (Å²) in [5, 5.41) is 0. The molecule has 4 nitrogen and oxygen atoms in total. The van der Waals surface area contributed by atoms with Gasteiger partial charge in [-0.25, -0.2) is 4.79 Å². The SMILES string of the molecule is CCCC1(C)OB(OC(=O)c2ccccc2)OC1(C)C. The first-order valence-corrected chi connectivity index (χ1v) is 6.99. The second-order valence-electron chi connectivity index (χ2n) is 5.79. The van der Waals surface area contributed by atoms with Gasteiger partial charge in [0.25, 0.3) is 0 Å². The first kappa shape index (κ1) is 15.1. The highest BCUT2D eigenvalue weighted by molar-refractivity contribution is 6.41. The van der Waals surface area contributed by atoms with E-state index in [2.05, 4.69) is 6.92 Å². The highest BCUT2D eigenvalue weighted by Crippen LogP contribution is 2.40. The molecule has 20 heavy (non-hydrogen) atoms. The molecule has 0 aromatic heterocycles. The Hall–Kier alpha value is -1.33. The van der Waals surface area contributed by atoms with Crippen LogP contribution in [0.25, 0.3) is 0 Å². The highest BCUT2D eigenvalue weighted by atomic mass is 16.8. The van der Waals surface area contributed by atoms with Crippen LogP contribution in [0.4, 0.5) is 0 Å². The molecule has 0 spiro atoms. The van der Waals surface area contributed by atoms with Crippen molar-refractivity contribution in [3.8, 4) is 0 Å². The smallest absolute Gasteiger partial charge is 0.481 e. The molecule has 5 heteroatoms. The van der Waals surface area contributed by atoms with E-state index in [4.69, 9.17) is 14.0 Å². The third-order valence-corrected chi connectivity index (χ3v) is 3.96. The minimum atomic E-state index is -0.950. The Kier molecular flexibility index (Phi) is 4.21. The largest absolute Gasteiger partial charge is 0.716 e. The summed E-state index contributed by atoms with van der Waals surface area (Å²) >= 11 is 0. The van der Waals surface area contributed by atoms with Gasteiger partial charge >= 0.3 is 13.3 Å². The number of rotatable bonds is 4. The maximum atomic E-state index is 12.0. The van der Waals surface area contributed by atoms with Gasteiger partial charge in [-0.1, -0.05) is 31.5 Å². The maximum absolute atomic E-state index is 12.0. The molecule has 1 unspecified atom stereocenters. The van der Waals surface area contributed by atoms with E-state index in [1.807, 2.05) is 26.8 Å². The number of hydrogen-bond donors (Lipinski definition) is 0. The van der Waals surface area contributed by atoms with E-state index in [0.29, 0.717) is 5.56 Å². The van der Waals surface area contributed by atoms with Crippen molar-refractivity contribution >= 4 is 13.3 Å². The third-order valence-electron chi connectivity index (χ3n) is 3.96. The normalized spacial score (nSPS) is 24.7. The predicted octanol–water partition coefficient (Wildman–Crippen LogP) is 3.21. The van der Waals surface area contributed by atoms with Crippen LogP contribution in [0.15, 0.2) is 30.3 Å². The molecule has 0 amide bonds. The summed E-state index contributed by atoms with van der Waals surface area (Å²) in [5.41, 5.74) is -0.463. The summed E-state index contributed by atoms with van der Waals surface area (Å²) in [6.07, 6.45) is 1.82. The molecule has 1 aliphatic rings. The second-order valence-corrected chi connectivity index (χ2v) is 5.79. The zero-order valence-corrected chi connectivity index (χ0v) is 12.5. The Balaban J connectivity index is 2.04. The minimum absolute atomic E-state index is 0.438. The molecular formula is C15H21BO4. The van der Waals surface area contributed by atoms with Gasteiger partial charge in [-0.3, -0.25) is 0 Å². The van der Waals surface area contributed by atoms with Crippen LogP contribution in [-0.2, 0) is 14.0 Å². The van der Waals surface area contributed by atoms with Gasteiger partial charge in [-0.15, -0.1) is 0 Å². The highest BCUT2D eigenvalue weighted by Gasteiger charge is 2.56. The summed E-state index contributed by atoms with van der Waals surface area (Å²) < 4.78 is 16.9. The Morgan fingerprint density at radius 3 is 2.45 bits per heavy atom. The van der Waals surface area contributed by atoms with Gasteiger partial charge in [0, 0.05) is 0 Å². The van der Waals surface area contributed by atoms with Crippen molar-refractivity contribution in [1.29, 1.82) is 0 Å². The summed E-state index contributed by atoms with van der Waals surface area (Å²) in [4.78, 5) is 12.0. The van der Waals surface area contributed by atoms with Crippen LogP contribution >= 0.6 is 0 Å². The standard InChI is InChI=1S/C15H21BO4/c1-5-11-15(4)14(2,3)19-16(20-15)18-13(17)12-9-7-6-8-10-12/h6-10H,5,11H2,1-4H3. The van der Waals surface area contributed by atoms with Gasteiger partial charge in [0.15, 0.2) is 0 Å².